The monoisotopic (exact) mass is 476 g/mol. The van der Waals surface area contributed by atoms with Crippen molar-refractivity contribution in [3.8, 4) is 11.8 Å². The number of rotatable bonds is 5. The maximum Gasteiger partial charge on any atom is 0.171 e. The number of benzene rings is 2. The second-order valence-corrected chi connectivity index (χ2v) is 8.42. The number of nitrogens with zero attached hydrogens (tertiary/aromatic N) is 7. The fourth-order valence-electron chi connectivity index (χ4n) is 3.89. The number of nitriles is 1. The topological polar surface area (TPSA) is 95.6 Å². The molecular weight excluding hydrogens is 459 g/mol. The highest BCUT2D eigenvalue weighted by Crippen LogP contribution is 2.30. The molecule has 2 aromatic heterocycles. The molecule has 164 valence electrons. The van der Waals surface area contributed by atoms with Crippen LogP contribution < -0.4 is 10.2 Å². The quantitative estimate of drug-likeness (QED) is 0.455. The van der Waals surface area contributed by atoms with Crippen LogP contribution in [0.2, 0.25) is 10.2 Å². The second-order valence-electron chi connectivity index (χ2n) is 7.60. The molecule has 8 nitrogen and oxygen atoms in total. The fourth-order valence-corrected chi connectivity index (χ4v) is 4.19. The van der Waals surface area contributed by atoms with Crippen molar-refractivity contribution in [2.24, 2.45) is 0 Å². The summed E-state index contributed by atoms with van der Waals surface area (Å²) in [5.41, 5.74) is 5.46. The first kappa shape index (κ1) is 21.2. The van der Waals surface area contributed by atoms with Crippen molar-refractivity contribution < 1.29 is 0 Å². The molecule has 0 aliphatic carbocycles. The summed E-state index contributed by atoms with van der Waals surface area (Å²) in [6.45, 7) is 1.99. The van der Waals surface area contributed by atoms with E-state index >= 15 is 0 Å². The summed E-state index contributed by atoms with van der Waals surface area (Å²) in [7, 11) is 0. The molecule has 0 saturated heterocycles. The Labute approximate surface area is 200 Å². The molecular formula is C23H18Cl2N8. The highest BCUT2D eigenvalue weighted by molar-refractivity contribution is 6.30. The summed E-state index contributed by atoms with van der Waals surface area (Å²) in [6.07, 6.45) is 4.03. The van der Waals surface area contributed by atoms with Crippen molar-refractivity contribution in [2.45, 2.75) is 19.5 Å². The highest BCUT2D eigenvalue weighted by atomic mass is 35.5. The third-order valence-electron chi connectivity index (χ3n) is 5.55. The molecule has 0 amide bonds. The van der Waals surface area contributed by atoms with E-state index in [9.17, 15) is 5.26 Å². The van der Waals surface area contributed by atoms with Crippen molar-refractivity contribution in [1.82, 2.24) is 25.0 Å². The molecule has 33 heavy (non-hydrogen) atoms. The standard InChI is InChI=1S/C23H18Cl2N8/c24-17-3-6-21(16(9-17)10-26)32-8-7-20-19(12-32)23(29-14-28-20)27-11-15-1-4-18(5-2-15)33-13-22(25)30-31-33/h1-6,9,13-14H,7-8,11-12H2,(H,27,28,29). The molecule has 0 atom stereocenters. The molecule has 0 spiro atoms. The van der Waals surface area contributed by atoms with E-state index in [-0.39, 0.29) is 0 Å². The molecule has 1 N–H and O–H groups in total. The summed E-state index contributed by atoms with van der Waals surface area (Å²) in [4.78, 5) is 11.1. The van der Waals surface area contributed by atoms with Gasteiger partial charge in [-0.05, 0) is 35.9 Å². The van der Waals surface area contributed by atoms with Gasteiger partial charge in [-0.3, -0.25) is 0 Å². The maximum atomic E-state index is 9.54. The molecule has 2 aromatic carbocycles. The molecule has 10 heteroatoms. The molecule has 0 bridgehead atoms. The van der Waals surface area contributed by atoms with Gasteiger partial charge >= 0.3 is 0 Å². The number of hydrogen-bond donors (Lipinski definition) is 1. The molecule has 0 fully saturated rings. The number of fused-ring (bicyclic) bond motifs is 1. The lowest BCUT2D eigenvalue weighted by Gasteiger charge is -2.31. The smallest absolute Gasteiger partial charge is 0.171 e. The first-order chi connectivity index (χ1) is 16.1. The third kappa shape index (κ3) is 4.46. The highest BCUT2D eigenvalue weighted by Gasteiger charge is 2.23. The Bertz CT molecular complexity index is 1340. The lowest BCUT2D eigenvalue weighted by Crippen LogP contribution is -2.32. The van der Waals surface area contributed by atoms with Crippen LogP contribution in [0.3, 0.4) is 0 Å². The summed E-state index contributed by atoms with van der Waals surface area (Å²) >= 11 is 11.9. The van der Waals surface area contributed by atoms with Gasteiger partial charge in [0.25, 0.3) is 0 Å². The van der Waals surface area contributed by atoms with Crippen LogP contribution in [0.5, 0.6) is 0 Å². The van der Waals surface area contributed by atoms with Crippen LogP contribution in [0.25, 0.3) is 5.69 Å². The van der Waals surface area contributed by atoms with E-state index in [2.05, 4.69) is 36.6 Å². The van der Waals surface area contributed by atoms with Gasteiger partial charge in [-0.25, -0.2) is 14.6 Å². The Balaban J connectivity index is 1.33. The summed E-state index contributed by atoms with van der Waals surface area (Å²) in [5.74, 6) is 0.796. The summed E-state index contributed by atoms with van der Waals surface area (Å²) in [5, 5.41) is 21.7. The maximum absolute atomic E-state index is 9.54. The van der Waals surface area contributed by atoms with Crippen LogP contribution in [-0.2, 0) is 19.5 Å². The minimum atomic E-state index is 0.351. The largest absolute Gasteiger partial charge is 0.366 e. The molecule has 3 heterocycles. The first-order valence-corrected chi connectivity index (χ1v) is 11.0. The molecule has 0 radical (unpaired) electrons. The molecule has 4 aromatic rings. The first-order valence-electron chi connectivity index (χ1n) is 10.3. The van der Waals surface area contributed by atoms with E-state index in [0.717, 1.165) is 47.0 Å². The normalized spacial score (nSPS) is 12.8. The van der Waals surface area contributed by atoms with Crippen LogP contribution >= 0.6 is 23.2 Å². The van der Waals surface area contributed by atoms with E-state index in [1.54, 1.807) is 23.3 Å². The average Bonchev–Trinajstić information content (AvgIpc) is 3.29. The lowest BCUT2D eigenvalue weighted by atomic mass is 10.0. The van der Waals surface area contributed by atoms with Gasteiger partial charge in [0.05, 0.1) is 28.8 Å². The third-order valence-corrected chi connectivity index (χ3v) is 5.96. The molecule has 1 aliphatic rings. The van der Waals surface area contributed by atoms with Gasteiger partial charge in [-0.2, -0.15) is 5.26 Å². The summed E-state index contributed by atoms with van der Waals surface area (Å²) in [6, 6.07) is 15.6. The molecule has 0 unspecified atom stereocenters. The van der Waals surface area contributed by atoms with Crippen molar-refractivity contribution in [3.05, 3.63) is 87.5 Å². The number of halogens is 2. The Hall–Kier alpha value is -3.67. The Morgan fingerprint density at radius 2 is 1.94 bits per heavy atom. The van der Waals surface area contributed by atoms with Crippen LogP contribution in [0.1, 0.15) is 22.4 Å². The van der Waals surface area contributed by atoms with Crippen LogP contribution in [0, 0.1) is 11.3 Å². The van der Waals surface area contributed by atoms with Gasteiger partial charge in [0, 0.05) is 36.6 Å². The number of hydrogen-bond acceptors (Lipinski definition) is 7. The van der Waals surface area contributed by atoms with E-state index in [1.807, 2.05) is 36.4 Å². The molecule has 1 aliphatic heterocycles. The number of anilines is 2. The van der Waals surface area contributed by atoms with Gasteiger partial charge in [0.15, 0.2) is 5.15 Å². The summed E-state index contributed by atoms with van der Waals surface area (Å²) < 4.78 is 1.63. The van der Waals surface area contributed by atoms with Crippen molar-refractivity contribution in [3.63, 3.8) is 0 Å². The van der Waals surface area contributed by atoms with Gasteiger partial charge in [-0.1, -0.05) is 40.5 Å². The van der Waals surface area contributed by atoms with Crippen LogP contribution in [-0.4, -0.2) is 31.5 Å². The molecule has 0 saturated carbocycles. The SMILES string of the molecule is N#Cc1cc(Cl)ccc1N1CCc2ncnc(NCc3ccc(-n4cc(Cl)nn4)cc3)c2C1. The zero-order valence-electron chi connectivity index (χ0n) is 17.4. The van der Waals surface area contributed by atoms with Gasteiger partial charge in [-0.15, -0.1) is 5.10 Å². The lowest BCUT2D eigenvalue weighted by molar-refractivity contribution is 0.705. The predicted molar refractivity (Wildman–Crippen MR) is 127 cm³/mol. The van der Waals surface area contributed by atoms with Crippen molar-refractivity contribution in [2.75, 3.05) is 16.8 Å². The van der Waals surface area contributed by atoms with E-state index in [4.69, 9.17) is 23.2 Å². The van der Waals surface area contributed by atoms with Gasteiger partial charge < -0.3 is 10.2 Å². The Morgan fingerprint density at radius 1 is 1.09 bits per heavy atom. The predicted octanol–water partition coefficient (Wildman–Crippen LogP) is 4.41. The van der Waals surface area contributed by atoms with E-state index < -0.39 is 0 Å². The van der Waals surface area contributed by atoms with E-state index in [0.29, 0.717) is 28.8 Å². The van der Waals surface area contributed by atoms with Crippen LogP contribution in [0.4, 0.5) is 11.5 Å². The van der Waals surface area contributed by atoms with Crippen LogP contribution in [0.15, 0.2) is 55.0 Å². The zero-order valence-corrected chi connectivity index (χ0v) is 18.9. The fraction of sp³-hybridized carbons (Fsp3) is 0.174. The molecule has 5 rings (SSSR count). The van der Waals surface area contributed by atoms with E-state index in [1.165, 1.54) is 0 Å². The number of nitrogens with one attached hydrogen (secondary N) is 1. The average molecular weight is 477 g/mol. The zero-order chi connectivity index (χ0) is 22.8. The second kappa shape index (κ2) is 9.06. The number of aromatic nitrogens is 5. The minimum absolute atomic E-state index is 0.351. The van der Waals surface area contributed by atoms with Crippen molar-refractivity contribution >= 4 is 34.7 Å². The van der Waals surface area contributed by atoms with Crippen molar-refractivity contribution in [1.29, 1.82) is 5.26 Å². The van der Waals surface area contributed by atoms with Gasteiger partial charge in [0.1, 0.15) is 18.2 Å². The minimum Gasteiger partial charge on any atom is -0.366 e. The van der Waals surface area contributed by atoms with Gasteiger partial charge in [0.2, 0.25) is 0 Å². The Kier molecular flexibility index (Phi) is 5.82. The Morgan fingerprint density at radius 3 is 2.70 bits per heavy atom.